The van der Waals surface area contributed by atoms with Gasteiger partial charge in [-0.1, -0.05) is 32.4 Å². The zero-order valence-corrected chi connectivity index (χ0v) is 12.7. The lowest BCUT2D eigenvalue weighted by atomic mass is 9.95. The number of carbonyl (C=O) groups excluding carboxylic acids is 1. The highest BCUT2D eigenvalue weighted by atomic mass is 127. The smallest absolute Gasteiger partial charge is 0.229 e. The number of rotatable bonds is 1. The molecule has 0 spiro atoms. The van der Waals surface area contributed by atoms with Gasteiger partial charge in [0, 0.05) is 14.7 Å². The Morgan fingerprint density at radius 3 is 2.44 bits per heavy atom. The molecule has 1 rings (SSSR count). The first-order valence-electron chi connectivity index (χ1n) is 4.99. The average Bonchev–Trinajstić information content (AvgIpc) is 2.12. The van der Waals surface area contributed by atoms with Crippen LogP contribution in [0.15, 0.2) is 12.1 Å². The van der Waals surface area contributed by atoms with E-state index in [9.17, 15) is 4.79 Å². The van der Waals surface area contributed by atoms with Gasteiger partial charge in [0.2, 0.25) is 5.91 Å². The van der Waals surface area contributed by atoms with E-state index in [1.165, 1.54) is 0 Å². The summed E-state index contributed by atoms with van der Waals surface area (Å²) in [5.41, 5.74) is 1.41. The highest BCUT2D eigenvalue weighted by Crippen LogP contribution is 2.27. The topological polar surface area (TPSA) is 29.1 Å². The predicted molar refractivity (Wildman–Crippen MR) is 77.0 cm³/mol. The van der Waals surface area contributed by atoms with Crippen LogP contribution in [-0.4, -0.2) is 5.91 Å². The second kappa shape index (κ2) is 4.92. The summed E-state index contributed by atoms with van der Waals surface area (Å²) in [5.74, 6) is 0.00808. The van der Waals surface area contributed by atoms with Gasteiger partial charge in [-0.3, -0.25) is 4.79 Å². The van der Waals surface area contributed by atoms with Crippen molar-refractivity contribution in [2.45, 2.75) is 27.7 Å². The number of amides is 1. The summed E-state index contributed by atoms with van der Waals surface area (Å²) in [4.78, 5) is 11.8. The molecular weight excluding hydrogens is 336 g/mol. The number of nitrogens with one attached hydrogen (secondary N) is 1. The van der Waals surface area contributed by atoms with Crippen molar-refractivity contribution in [3.63, 3.8) is 0 Å². The molecule has 1 N–H and O–H groups in total. The average molecular weight is 352 g/mol. The Morgan fingerprint density at radius 1 is 1.38 bits per heavy atom. The summed E-state index contributed by atoms with van der Waals surface area (Å²) in [7, 11) is 0. The molecule has 0 unspecified atom stereocenters. The van der Waals surface area contributed by atoms with Crippen LogP contribution in [0.3, 0.4) is 0 Å². The predicted octanol–water partition coefficient (Wildman–Crippen LogP) is 4.24. The van der Waals surface area contributed by atoms with Crippen LogP contribution in [-0.2, 0) is 4.79 Å². The summed E-state index contributed by atoms with van der Waals surface area (Å²) in [6, 6.07) is 3.75. The standard InChI is InChI=1S/C12H15ClINO/c1-7-5-8(13)9(14)6-10(7)15-11(16)12(2,3)4/h5-6H,1-4H3,(H,15,16). The van der Waals surface area contributed by atoms with Crippen LogP contribution in [0, 0.1) is 15.9 Å². The van der Waals surface area contributed by atoms with Gasteiger partial charge in [0.25, 0.3) is 0 Å². The van der Waals surface area contributed by atoms with Crippen LogP contribution in [0.1, 0.15) is 26.3 Å². The van der Waals surface area contributed by atoms with Gasteiger partial charge in [-0.25, -0.2) is 0 Å². The Balaban J connectivity index is 2.99. The number of aryl methyl sites for hydroxylation is 1. The molecule has 4 heteroatoms. The molecule has 0 saturated carbocycles. The number of halogens is 2. The fourth-order valence-corrected chi connectivity index (χ4v) is 1.78. The van der Waals surface area contributed by atoms with Crippen LogP contribution in [0.25, 0.3) is 0 Å². The van der Waals surface area contributed by atoms with Gasteiger partial charge < -0.3 is 5.32 Å². The maximum Gasteiger partial charge on any atom is 0.229 e. The van der Waals surface area contributed by atoms with E-state index in [1.54, 1.807) is 0 Å². The Morgan fingerprint density at radius 2 is 1.94 bits per heavy atom. The Hall–Kier alpha value is -0.290. The zero-order valence-electron chi connectivity index (χ0n) is 9.82. The second-order valence-corrected chi connectivity index (χ2v) is 6.35. The third-order valence-corrected chi connectivity index (χ3v) is 3.72. The molecule has 88 valence electrons. The molecular formula is C12H15ClINO. The van der Waals surface area contributed by atoms with Gasteiger partial charge in [0.15, 0.2) is 0 Å². The molecule has 0 bridgehead atoms. The lowest BCUT2D eigenvalue weighted by Gasteiger charge is -2.19. The van der Waals surface area contributed by atoms with E-state index in [0.29, 0.717) is 5.02 Å². The molecule has 0 aliphatic rings. The van der Waals surface area contributed by atoms with Crippen molar-refractivity contribution in [3.05, 3.63) is 26.3 Å². The van der Waals surface area contributed by atoms with Crippen LogP contribution in [0.5, 0.6) is 0 Å². The molecule has 0 aliphatic carbocycles. The summed E-state index contributed by atoms with van der Waals surface area (Å²) >= 11 is 8.14. The normalized spacial score (nSPS) is 11.4. The highest BCUT2D eigenvalue weighted by Gasteiger charge is 2.21. The van der Waals surface area contributed by atoms with E-state index >= 15 is 0 Å². The van der Waals surface area contributed by atoms with Crippen molar-refractivity contribution in [2.24, 2.45) is 5.41 Å². The largest absolute Gasteiger partial charge is 0.325 e. The maximum absolute atomic E-state index is 11.8. The third kappa shape index (κ3) is 3.35. The first kappa shape index (κ1) is 13.8. The SMILES string of the molecule is Cc1cc(Cl)c(I)cc1NC(=O)C(C)(C)C. The molecule has 0 aromatic heterocycles. The number of anilines is 1. The minimum atomic E-state index is -0.391. The van der Waals surface area contributed by atoms with Crippen molar-refractivity contribution < 1.29 is 4.79 Å². The maximum atomic E-state index is 11.8. The van der Waals surface area contributed by atoms with E-state index in [0.717, 1.165) is 14.8 Å². The summed E-state index contributed by atoms with van der Waals surface area (Å²) in [5, 5.41) is 3.63. The van der Waals surface area contributed by atoms with Crippen molar-refractivity contribution in [3.8, 4) is 0 Å². The van der Waals surface area contributed by atoms with Gasteiger partial charge in [0.05, 0.1) is 5.02 Å². The van der Waals surface area contributed by atoms with Gasteiger partial charge >= 0.3 is 0 Å². The minimum absolute atomic E-state index is 0.00808. The van der Waals surface area contributed by atoms with Gasteiger partial charge in [-0.05, 0) is 47.2 Å². The molecule has 0 heterocycles. The molecule has 1 amide bonds. The number of benzene rings is 1. The Kier molecular flexibility index (Phi) is 4.23. The fourth-order valence-electron chi connectivity index (χ4n) is 1.09. The van der Waals surface area contributed by atoms with Crippen molar-refractivity contribution in [1.82, 2.24) is 0 Å². The quantitative estimate of drug-likeness (QED) is 0.754. The monoisotopic (exact) mass is 351 g/mol. The molecule has 0 atom stereocenters. The Bertz CT molecular complexity index is 424. The van der Waals surface area contributed by atoms with E-state index < -0.39 is 5.41 Å². The first-order chi connectivity index (χ1) is 7.21. The van der Waals surface area contributed by atoms with E-state index in [-0.39, 0.29) is 5.91 Å². The van der Waals surface area contributed by atoms with Gasteiger partial charge in [-0.2, -0.15) is 0 Å². The summed E-state index contributed by atoms with van der Waals surface area (Å²) in [6.45, 7) is 7.59. The minimum Gasteiger partial charge on any atom is -0.325 e. The molecule has 0 fully saturated rings. The molecule has 0 aliphatic heterocycles. The fraction of sp³-hybridized carbons (Fsp3) is 0.417. The zero-order chi connectivity index (χ0) is 12.5. The van der Waals surface area contributed by atoms with Gasteiger partial charge in [-0.15, -0.1) is 0 Å². The first-order valence-corrected chi connectivity index (χ1v) is 6.44. The van der Waals surface area contributed by atoms with E-state index in [1.807, 2.05) is 39.8 Å². The number of hydrogen-bond donors (Lipinski definition) is 1. The van der Waals surface area contributed by atoms with Gasteiger partial charge in [0.1, 0.15) is 0 Å². The number of hydrogen-bond acceptors (Lipinski definition) is 1. The summed E-state index contributed by atoms with van der Waals surface area (Å²) in [6.07, 6.45) is 0. The van der Waals surface area contributed by atoms with Crippen LogP contribution in [0.2, 0.25) is 5.02 Å². The molecule has 0 saturated heterocycles. The Labute approximate surface area is 115 Å². The molecule has 2 nitrogen and oxygen atoms in total. The highest BCUT2D eigenvalue weighted by molar-refractivity contribution is 14.1. The second-order valence-electron chi connectivity index (χ2n) is 4.79. The number of carbonyl (C=O) groups is 1. The van der Waals surface area contributed by atoms with Crippen LogP contribution >= 0.6 is 34.2 Å². The van der Waals surface area contributed by atoms with Crippen molar-refractivity contribution in [2.75, 3.05) is 5.32 Å². The third-order valence-electron chi connectivity index (χ3n) is 2.20. The lowest BCUT2D eigenvalue weighted by Crippen LogP contribution is -2.27. The molecule has 1 aromatic carbocycles. The van der Waals surface area contributed by atoms with E-state index in [4.69, 9.17) is 11.6 Å². The van der Waals surface area contributed by atoms with Crippen LogP contribution < -0.4 is 5.32 Å². The lowest BCUT2D eigenvalue weighted by molar-refractivity contribution is -0.123. The van der Waals surface area contributed by atoms with Crippen molar-refractivity contribution >= 4 is 45.8 Å². The molecule has 0 radical (unpaired) electrons. The van der Waals surface area contributed by atoms with Crippen LogP contribution in [0.4, 0.5) is 5.69 Å². The molecule has 1 aromatic rings. The summed E-state index contributed by atoms with van der Waals surface area (Å²) < 4.78 is 0.939. The van der Waals surface area contributed by atoms with E-state index in [2.05, 4.69) is 27.9 Å². The van der Waals surface area contributed by atoms with Crippen molar-refractivity contribution in [1.29, 1.82) is 0 Å². The molecule has 16 heavy (non-hydrogen) atoms.